The van der Waals surface area contributed by atoms with E-state index in [0.29, 0.717) is 12.8 Å². The lowest BCUT2D eigenvalue weighted by Gasteiger charge is -2.41. The SMILES string of the molecule is CC/C=C\C/C=C\C/C=C\C/C=C\C/C=C\CCCCCCCCCCCCCC(=O)OC1C(OCC(NC(=O)C(O)CCCCCCCCCCCCC/C=C\C/C=C\C/C=C\CCCCC)C(O)/C=C/CCCCCCCCCCCC)OC(CO)C(O)C1O. The van der Waals surface area contributed by atoms with Crippen molar-refractivity contribution in [3.8, 4) is 0 Å². The molecule has 0 aromatic rings. The maximum atomic E-state index is 13.5. The highest BCUT2D eigenvalue weighted by molar-refractivity contribution is 5.80. The van der Waals surface area contributed by atoms with Gasteiger partial charge in [0.2, 0.25) is 5.91 Å². The summed E-state index contributed by atoms with van der Waals surface area (Å²) < 4.78 is 17.7. The van der Waals surface area contributed by atoms with E-state index in [1.54, 1.807) is 6.08 Å². The van der Waals surface area contributed by atoms with Crippen molar-refractivity contribution in [3.63, 3.8) is 0 Å². The van der Waals surface area contributed by atoms with Crippen molar-refractivity contribution in [2.75, 3.05) is 13.2 Å². The van der Waals surface area contributed by atoms with Crippen molar-refractivity contribution in [2.45, 2.75) is 378 Å². The van der Waals surface area contributed by atoms with Crippen LogP contribution in [0.3, 0.4) is 0 Å². The fraction of sp³-hybridized carbons (Fsp3) is 0.753. The number of carbonyl (C=O) groups excluding carboxylic acids is 2. The molecule has 0 spiro atoms. The van der Waals surface area contributed by atoms with E-state index in [2.05, 4.69) is 123 Å². The minimum atomic E-state index is -1.62. The van der Waals surface area contributed by atoms with Gasteiger partial charge in [-0.2, -0.15) is 0 Å². The van der Waals surface area contributed by atoms with Gasteiger partial charge in [0.1, 0.15) is 24.4 Å². The zero-order valence-electron chi connectivity index (χ0n) is 59.1. The Hall–Kier alpha value is -3.68. The molecule has 0 aromatic heterocycles. The molecule has 11 heteroatoms. The first-order chi connectivity index (χ1) is 45.2. The van der Waals surface area contributed by atoms with E-state index in [0.717, 1.165) is 116 Å². The molecule has 0 aliphatic carbocycles. The molecule has 1 fully saturated rings. The molecule has 1 rings (SSSR count). The number of nitrogens with one attached hydrogen (secondary N) is 1. The zero-order chi connectivity index (χ0) is 66.7. The van der Waals surface area contributed by atoms with Crippen LogP contribution < -0.4 is 5.32 Å². The minimum Gasteiger partial charge on any atom is -0.454 e. The maximum Gasteiger partial charge on any atom is 0.306 e. The summed E-state index contributed by atoms with van der Waals surface area (Å²) in [4.78, 5) is 26.8. The molecule has 1 aliphatic heterocycles. The largest absolute Gasteiger partial charge is 0.454 e. The average Bonchev–Trinajstić information content (AvgIpc) is 0.875. The second kappa shape index (κ2) is 67.3. The fourth-order valence-corrected chi connectivity index (χ4v) is 11.5. The lowest BCUT2D eigenvalue weighted by Crippen LogP contribution is -2.61. The molecule has 1 amide bonds. The third kappa shape index (κ3) is 53.6. The Bertz CT molecular complexity index is 1920. The van der Waals surface area contributed by atoms with Gasteiger partial charge in [-0.3, -0.25) is 9.59 Å². The number of amides is 1. The Kier molecular flexibility index (Phi) is 63.2. The number of rotatable bonds is 65. The molecule has 11 nitrogen and oxygen atoms in total. The van der Waals surface area contributed by atoms with Crippen LogP contribution in [0.2, 0.25) is 0 Å². The molecule has 6 N–H and O–H groups in total. The van der Waals surface area contributed by atoms with E-state index < -0.39 is 67.4 Å². The molecule has 530 valence electrons. The highest BCUT2D eigenvalue weighted by Gasteiger charge is 2.47. The highest BCUT2D eigenvalue weighted by Crippen LogP contribution is 2.26. The van der Waals surface area contributed by atoms with Gasteiger partial charge in [-0.1, -0.05) is 323 Å². The smallest absolute Gasteiger partial charge is 0.306 e. The summed E-state index contributed by atoms with van der Waals surface area (Å²) in [6.45, 7) is 5.68. The standard InChI is InChI=1S/C81H141NO10/c1-4-7-10-13-16-19-22-25-27-29-31-33-35-37-38-39-41-43-45-47-49-51-54-57-60-63-66-69-76(86)92-79-78(88)77(87)75(70-83)91-81(79)90-71-72(73(84)67-64-61-58-55-52-24-21-18-15-12-9-6-3)82-80(89)74(85)68-65-62-59-56-53-50-48-46-44-42-40-36-34-32-30-28-26-23-20-17-14-11-8-5-2/h7,10,16-17,19-20,25-28,31-34,37-38,64,67,72-75,77-79,81,83-85,87-88H,4-6,8-9,11-15,18,21-24,29-30,35-36,39-63,65-66,68-71H2,1-3H3,(H,82,89)/b10-7-,19-16-,20-17-,27-25-,28-26-,33-31-,34-32-,38-37-,67-64+. The molecule has 0 radical (unpaired) electrons. The summed E-state index contributed by atoms with van der Waals surface area (Å²) in [5, 5.41) is 57.4. The first-order valence-corrected chi connectivity index (χ1v) is 38.2. The monoisotopic (exact) mass is 1290 g/mol. The Labute approximate surface area is 564 Å². The van der Waals surface area contributed by atoms with Crippen molar-refractivity contribution in [1.82, 2.24) is 5.32 Å². The second-order valence-electron chi connectivity index (χ2n) is 26.0. The highest BCUT2D eigenvalue weighted by atomic mass is 16.7. The van der Waals surface area contributed by atoms with Crippen LogP contribution in [0.1, 0.15) is 329 Å². The number of allylic oxidation sites excluding steroid dienone is 17. The van der Waals surface area contributed by atoms with E-state index in [1.807, 2.05) is 6.08 Å². The van der Waals surface area contributed by atoms with E-state index >= 15 is 0 Å². The first-order valence-electron chi connectivity index (χ1n) is 38.2. The summed E-state index contributed by atoms with van der Waals surface area (Å²) in [7, 11) is 0. The van der Waals surface area contributed by atoms with Gasteiger partial charge in [-0.05, 0) is 109 Å². The number of aliphatic hydroxyl groups is 5. The number of esters is 1. The molecule has 0 saturated carbocycles. The van der Waals surface area contributed by atoms with Crippen LogP contribution in [0, 0.1) is 0 Å². The Morgan fingerprint density at radius 2 is 0.783 bits per heavy atom. The van der Waals surface area contributed by atoms with Crippen molar-refractivity contribution in [1.29, 1.82) is 0 Å². The van der Waals surface area contributed by atoms with Crippen molar-refractivity contribution < 1.29 is 49.3 Å². The van der Waals surface area contributed by atoms with Crippen molar-refractivity contribution in [3.05, 3.63) is 109 Å². The number of aliphatic hydroxyl groups excluding tert-OH is 5. The van der Waals surface area contributed by atoms with E-state index in [4.69, 9.17) is 14.2 Å². The molecule has 8 atom stereocenters. The number of ether oxygens (including phenoxy) is 3. The van der Waals surface area contributed by atoms with Crippen molar-refractivity contribution >= 4 is 11.9 Å². The van der Waals surface area contributed by atoms with E-state index in [9.17, 15) is 35.1 Å². The van der Waals surface area contributed by atoms with Gasteiger partial charge in [-0.25, -0.2) is 0 Å². The van der Waals surface area contributed by atoms with E-state index in [-0.39, 0.29) is 19.4 Å². The number of carbonyl (C=O) groups is 2. The van der Waals surface area contributed by atoms with Gasteiger partial charge in [-0.15, -0.1) is 0 Å². The molecule has 0 aromatic carbocycles. The predicted molar refractivity (Wildman–Crippen MR) is 388 cm³/mol. The van der Waals surface area contributed by atoms with Gasteiger partial charge in [0.05, 0.1) is 25.4 Å². The number of hydrogen-bond acceptors (Lipinski definition) is 10. The maximum absolute atomic E-state index is 13.5. The molecule has 1 aliphatic rings. The third-order valence-electron chi connectivity index (χ3n) is 17.4. The molecule has 8 unspecified atom stereocenters. The number of hydrogen-bond donors (Lipinski definition) is 6. The summed E-state index contributed by atoms with van der Waals surface area (Å²) in [5.41, 5.74) is 0. The van der Waals surface area contributed by atoms with Gasteiger partial charge in [0.25, 0.3) is 0 Å². The Morgan fingerprint density at radius 1 is 0.435 bits per heavy atom. The number of unbranched alkanes of at least 4 members (excludes halogenated alkanes) is 35. The summed E-state index contributed by atoms with van der Waals surface area (Å²) in [6.07, 6.45) is 82.7. The summed E-state index contributed by atoms with van der Waals surface area (Å²) in [6, 6.07) is -1.03. The average molecular weight is 1290 g/mol. The van der Waals surface area contributed by atoms with Crippen LogP contribution in [-0.4, -0.2) is 99.6 Å². The molecular formula is C81H141NO10. The van der Waals surface area contributed by atoms with Crippen LogP contribution in [0.4, 0.5) is 0 Å². The topological polar surface area (TPSA) is 175 Å². The van der Waals surface area contributed by atoms with Crippen LogP contribution >= 0.6 is 0 Å². The normalized spacial score (nSPS) is 18.5. The fourth-order valence-electron chi connectivity index (χ4n) is 11.5. The summed E-state index contributed by atoms with van der Waals surface area (Å²) >= 11 is 0. The predicted octanol–water partition coefficient (Wildman–Crippen LogP) is 20.4. The summed E-state index contributed by atoms with van der Waals surface area (Å²) in [5.74, 6) is -1.20. The Balaban J connectivity index is 2.53. The molecule has 0 bridgehead atoms. The molecule has 92 heavy (non-hydrogen) atoms. The van der Waals surface area contributed by atoms with Crippen LogP contribution in [0.15, 0.2) is 109 Å². The minimum absolute atomic E-state index is 0.115. The Morgan fingerprint density at radius 3 is 1.20 bits per heavy atom. The quantitative estimate of drug-likeness (QED) is 0.0195. The van der Waals surface area contributed by atoms with Crippen molar-refractivity contribution in [2.24, 2.45) is 0 Å². The molecule has 1 heterocycles. The van der Waals surface area contributed by atoms with Gasteiger partial charge < -0.3 is 45.1 Å². The lowest BCUT2D eigenvalue weighted by atomic mass is 9.99. The van der Waals surface area contributed by atoms with Crippen LogP contribution in [-0.2, 0) is 23.8 Å². The molecular weight excluding hydrogens is 1150 g/mol. The van der Waals surface area contributed by atoms with Gasteiger partial charge in [0, 0.05) is 6.42 Å². The second-order valence-corrected chi connectivity index (χ2v) is 26.0. The van der Waals surface area contributed by atoms with Gasteiger partial charge >= 0.3 is 5.97 Å². The third-order valence-corrected chi connectivity index (χ3v) is 17.4. The lowest BCUT2D eigenvalue weighted by molar-refractivity contribution is -0.305. The van der Waals surface area contributed by atoms with E-state index in [1.165, 1.54) is 167 Å². The first kappa shape index (κ1) is 86.3. The van der Waals surface area contributed by atoms with Gasteiger partial charge in [0.15, 0.2) is 12.4 Å². The zero-order valence-corrected chi connectivity index (χ0v) is 59.1. The van der Waals surface area contributed by atoms with Crippen LogP contribution in [0.25, 0.3) is 0 Å². The molecule has 1 saturated heterocycles. The van der Waals surface area contributed by atoms with Crippen LogP contribution in [0.5, 0.6) is 0 Å².